The van der Waals surface area contributed by atoms with Crippen LogP contribution in [0.2, 0.25) is 0 Å². The smallest absolute Gasteiger partial charge is 0.219 e. The summed E-state index contributed by atoms with van der Waals surface area (Å²) in [5, 5.41) is 12.7. The number of carbonyl (C=O) groups excluding carboxylic acids is 1. The minimum atomic E-state index is -0.519. The zero-order chi connectivity index (χ0) is 13.7. The van der Waals surface area contributed by atoms with Gasteiger partial charge >= 0.3 is 0 Å². The molecule has 5 nitrogen and oxygen atoms in total. The highest BCUT2D eigenvalue weighted by molar-refractivity contribution is 5.73. The Kier molecular flexibility index (Phi) is 4.13. The molecule has 1 fully saturated rings. The van der Waals surface area contributed by atoms with Crippen LogP contribution in [0, 0.1) is 11.3 Å². The van der Waals surface area contributed by atoms with Crippen LogP contribution in [-0.4, -0.2) is 34.4 Å². The fourth-order valence-corrected chi connectivity index (χ4v) is 2.30. The minimum absolute atomic E-state index is 0.0840. The third kappa shape index (κ3) is 3.30. The first-order valence-corrected chi connectivity index (χ1v) is 6.46. The number of amides is 1. The number of carbonyl (C=O) groups is 1. The molecule has 19 heavy (non-hydrogen) atoms. The van der Waals surface area contributed by atoms with Crippen molar-refractivity contribution in [1.29, 1.82) is 5.26 Å². The summed E-state index contributed by atoms with van der Waals surface area (Å²) in [4.78, 5) is 17.1. The molecular formula is C14H18N4O. The summed E-state index contributed by atoms with van der Waals surface area (Å²) in [7, 11) is 0. The summed E-state index contributed by atoms with van der Waals surface area (Å²) in [6, 6.07) is 6.25. The van der Waals surface area contributed by atoms with Crippen molar-refractivity contribution in [1.82, 2.24) is 15.2 Å². The van der Waals surface area contributed by atoms with E-state index in [9.17, 15) is 10.1 Å². The summed E-state index contributed by atoms with van der Waals surface area (Å²) in [5.41, 5.74) is 0.591. The van der Waals surface area contributed by atoms with Crippen LogP contribution in [0.25, 0.3) is 0 Å². The highest BCUT2D eigenvalue weighted by atomic mass is 16.2. The number of hydrogen-bond acceptors (Lipinski definition) is 4. The van der Waals surface area contributed by atoms with Gasteiger partial charge in [-0.1, -0.05) is 0 Å². The standard InChI is InChI=1S/C14H18N4O/c1-12(19)18-8-4-14(11-15,5-9-18)17-10-13-2-6-16-7-3-13/h2-3,6-7,17H,4-5,8-10H2,1H3. The molecule has 0 atom stereocenters. The number of nitrogens with zero attached hydrogens (tertiary/aromatic N) is 3. The monoisotopic (exact) mass is 258 g/mol. The van der Waals surface area contributed by atoms with E-state index in [-0.39, 0.29) is 5.91 Å². The Labute approximate surface area is 113 Å². The molecule has 100 valence electrons. The fourth-order valence-electron chi connectivity index (χ4n) is 2.30. The molecule has 1 aromatic rings. The van der Waals surface area contributed by atoms with Gasteiger partial charge in [0.2, 0.25) is 5.91 Å². The van der Waals surface area contributed by atoms with Crippen LogP contribution in [0.4, 0.5) is 0 Å². The van der Waals surface area contributed by atoms with Crippen LogP contribution in [0.3, 0.4) is 0 Å². The second-order valence-corrected chi connectivity index (χ2v) is 4.91. The molecular weight excluding hydrogens is 240 g/mol. The largest absolute Gasteiger partial charge is 0.343 e. The Hall–Kier alpha value is -1.93. The van der Waals surface area contributed by atoms with Crippen LogP contribution in [0.15, 0.2) is 24.5 Å². The topological polar surface area (TPSA) is 69.0 Å². The van der Waals surface area contributed by atoms with E-state index in [4.69, 9.17) is 0 Å². The number of nitrogens with one attached hydrogen (secondary N) is 1. The number of rotatable bonds is 3. The van der Waals surface area contributed by atoms with E-state index in [1.165, 1.54) is 0 Å². The Bertz CT molecular complexity index is 472. The molecule has 0 bridgehead atoms. The van der Waals surface area contributed by atoms with Crippen LogP contribution in [0.5, 0.6) is 0 Å². The van der Waals surface area contributed by atoms with Crippen molar-refractivity contribution in [2.75, 3.05) is 13.1 Å². The number of likely N-dealkylation sites (tertiary alicyclic amines) is 1. The first-order chi connectivity index (χ1) is 9.15. The van der Waals surface area contributed by atoms with Gasteiger partial charge in [-0.05, 0) is 30.5 Å². The van der Waals surface area contributed by atoms with Gasteiger partial charge in [0, 0.05) is 39.0 Å². The third-order valence-corrected chi connectivity index (χ3v) is 3.66. The van der Waals surface area contributed by atoms with Gasteiger partial charge in [-0.2, -0.15) is 5.26 Å². The Morgan fingerprint density at radius 1 is 1.47 bits per heavy atom. The summed E-state index contributed by atoms with van der Waals surface area (Å²) in [5.74, 6) is 0.0840. The molecule has 1 aliphatic rings. The molecule has 0 aliphatic carbocycles. The number of nitriles is 1. The molecule has 0 unspecified atom stereocenters. The molecule has 0 aromatic carbocycles. The predicted octanol–water partition coefficient (Wildman–Crippen LogP) is 1.08. The van der Waals surface area contributed by atoms with Crippen molar-refractivity contribution in [2.45, 2.75) is 31.8 Å². The second-order valence-electron chi connectivity index (χ2n) is 4.91. The fraction of sp³-hybridized carbons (Fsp3) is 0.500. The average Bonchev–Trinajstić information content (AvgIpc) is 2.46. The molecule has 0 spiro atoms. The molecule has 2 rings (SSSR count). The molecule has 5 heteroatoms. The van der Waals surface area contributed by atoms with Gasteiger partial charge in [-0.25, -0.2) is 0 Å². The Morgan fingerprint density at radius 3 is 2.63 bits per heavy atom. The average molecular weight is 258 g/mol. The lowest BCUT2D eigenvalue weighted by atomic mass is 9.88. The van der Waals surface area contributed by atoms with Crippen molar-refractivity contribution in [3.8, 4) is 6.07 Å². The normalized spacial score (nSPS) is 17.8. The number of aromatic nitrogens is 1. The zero-order valence-electron chi connectivity index (χ0n) is 11.1. The minimum Gasteiger partial charge on any atom is -0.343 e. The highest BCUT2D eigenvalue weighted by Crippen LogP contribution is 2.22. The maximum Gasteiger partial charge on any atom is 0.219 e. The second kappa shape index (κ2) is 5.81. The summed E-state index contributed by atoms with van der Waals surface area (Å²) in [6.45, 7) is 3.51. The van der Waals surface area contributed by atoms with Crippen molar-refractivity contribution >= 4 is 5.91 Å². The van der Waals surface area contributed by atoms with E-state index in [0.29, 0.717) is 32.5 Å². The van der Waals surface area contributed by atoms with Crippen molar-refractivity contribution in [3.05, 3.63) is 30.1 Å². The van der Waals surface area contributed by atoms with Gasteiger partial charge in [-0.15, -0.1) is 0 Å². The van der Waals surface area contributed by atoms with Gasteiger partial charge in [0.05, 0.1) is 6.07 Å². The summed E-state index contributed by atoms with van der Waals surface area (Å²) < 4.78 is 0. The van der Waals surface area contributed by atoms with Gasteiger partial charge in [0.1, 0.15) is 5.54 Å². The predicted molar refractivity (Wildman–Crippen MR) is 70.9 cm³/mol. The zero-order valence-corrected chi connectivity index (χ0v) is 11.1. The molecule has 2 heterocycles. The first-order valence-electron chi connectivity index (χ1n) is 6.46. The molecule has 1 saturated heterocycles. The lowest BCUT2D eigenvalue weighted by molar-refractivity contribution is -0.130. The molecule has 1 aliphatic heterocycles. The summed E-state index contributed by atoms with van der Waals surface area (Å²) >= 11 is 0. The van der Waals surface area contributed by atoms with Crippen molar-refractivity contribution in [2.24, 2.45) is 0 Å². The third-order valence-electron chi connectivity index (χ3n) is 3.66. The number of hydrogen-bond donors (Lipinski definition) is 1. The van der Waals surface area contributed by atoms with E-state index in [1.54, 1.807) is 24.2 Å². The van der Waals surface area contributed by atoms with Gasteiger partial charge in [0.15, 0.2) is 0 Å². The van der Waals surface area contributed by atoms with Gasteiger partial charge in [-0.3, -0.25) is 15.1 Å². The lowest BCUT2D eigenvalue weighted by Gasteiger charge is -2.37. The molecule has 0 radical (unpaired) electrons. The van der Waals surface area contributed by atoms with Crippen LogP contribution in [0.1, 0.15) is 25.3 Å². The summed E-state index contributed by atoms with van der Waals surface area (Å²) in [6.07, 6.45) is 4.84. The van der Waals surface area contributed by atoms with Crippen LogP contribution < -0.4 is 5.32 Å². The molecule has 1 aromatic heterocycles. The SMILES string of the molecule is CC(=O)N1CCC(C#N)(NCc2ccncc2)CC1. The van der Waals surface area contributed by atoms with E-state index in [1.807, 2.05) is 12.1 Å². The highest BCUT2D eigenvalue weighted by Gasteiger charge is 2.34. The molecule has 1 amide bonds. The van der Waals surface area contributed by atoms with E-state index >= 15 is 0 Å². The number of pyridine rings is 1. The van der Waals surface area contributed by atoms with Crippen LogP contribution >= 0.6 is 0 Å². The van der Waals surface area contributed by atoms with Crippen LogP contribution in [-0.2, 0) is 11.3 Å². The quantitative estimate of drug-likeness (QED) is 0.880. The maximum atomic E-state index is 11.3. The lowest BCUT2D eigenvalue weighted by Crippen LogP contribution is -2.53. The molecule has 0 saturated carbocycles. The van der Waals surface area contributed by atoms with Crippen molar-refractivity contribution < 1.29 is 4.79 Å². The van der Waals surface area contributed by atoms with E-state index in [0.717, 1.165) is 5.56 Å². The Balaban J connectivity index is 1.94. The number of piperidine rings is 1. The molecule has 1 N–H and O–H groups in total. The first kappa shape index (κ1) is 13.5. The van der Waals surface area contributed by atoms with E-state index in [2.05, 4.69) is 16.4 Å². The van der Waals surface area contributed by atoms with Gasteiger partial charge < -0.3 is 4.90 Å². The maximum absolute atomic E-state index is 11.3. The van der Waals surface area contributed by atoms with Gasteiger partial charge in [0.25, 0.3) is 0 Å². The Morgan fingerprint density at radius 2 is 2.11 bits per heavy atom. The van der Waals surface area contributed by atoms with Crippen molar-refractivity contribution in [3.63, 3.8) is 0 Å². The van der Waals surface area contributed by atoms with E-state index < -0.39 is 5.54 Å².